The van der Waals surface area contributed by atoms with Crippen molar-refractivity contribution in [3.63, 3.8) is 0 Å². The van der Waals surface area contributed by atoms with Gasteiger partial charge in [0, 0.05) is 18.0 Å². The predicted molar refractivity (Wildman–Crippen MR) is 107 cm³/mol. The quantitative estimate of drug-likeness (QED) is 0.531. The molecule has 0 aliphatic heterocycles. The molecule has 4 rings (SSSR count). The van der Waals surface area contributed by atoms with Crippen molar-refractivity contribution in [2.24, 2.45) is 17.3 Å². The topological polar surface area (TPSA) is 116 Å². The minimum absolute atomic E-state index is 0.0908. The molecule has 2 N–H and O–H groups in total. The van der Waals surface area contributed by atoms with Gasteiger partial charge in [-0.3, -0.25) is 9.59 Å². The lowest BCUT2D eigenvalue weighted by molar-refractivity contribution is -0.142. The van der Waals surface area contributed by atoms with Crippen molar-refractivity contribution in [2.45, 2.75) is 25.3 Å². The Morgan fingerprint density at radius 3 is 2.59 bits per heavy atom. The standard InChI is InChI=1S/C21H24F2N4O5/c1-31-15-4-2-13(3-5-15)16-12-27(26-25-16)7-9-32-8-6-24-18(28)14-10-20(11-14)17(19(29)30)21(20,22)23/h2-5,12,14,17H,6-11H2,1H3,(H,24,28)(H,29,30)/t14?,17-,20?/m1/s1. The smallest absolute Gasteiger partial charge is 0.313 e. The first-order chi connectivity index (χ1) is 15.3. The van der Waals surface area contributed by atoms with E-state index in [1.165, 1.54) is 0 Å². The summed E-state index contributed by atoms with van der Waals surface area (Å²) in [4.78, 5) is 23.0. The summed E-state index contributed by atoms with van der Waals surface area (Å²) in [5.74, 6) is -6.53. The Balaban J connectivity index is 1.11. The van der Waals surface area contributed by atoms with Gasteiger partial charge in [0.2, 0.25) is 5.91 Å². The number of carboxylic acids is 1. The molecule has 172 valence electrons. The largest absolute Gasteiger partial charge is 0.497 e. The molecule has 1 aromatic carbocycles. The van der Waals surface area contributed by atoms with Gasteiger partial charge >= 0.3 is 5.97 Å². The van der Waals surface area contributed by atoms with Gasteiger partial charge in [-0.15, -0.1) is 5.10 Å². The number of hydrogen-bond acceptors (Lipinski definition) is 6. The van der Waals surface area contributed by atoms with Gasteiger partial charge in [0.05, 0.1) is 38.5 Å². The molecular weight excluding hydrogens is 426 g/mol. The van der Waals surface area contributed by atoms with Crippen LogP contribution in [0.3, 0.4) is 0 Å². The van der Waals surface area contributed by atoms with Crippen molar-refractivity contribution in [1.82, 2.24) is 20.3 Å². The number of carbonyl (C=O) groups excluding carboxylic acids is 1. The lowest BCUT2D eigenvalue weighted by Gasteiger charge is -2.34. The maximum atomic E-state index is 13.7. The number of carbonyl (C=O) groups is 2. The van der Waals surface area contributed by atoms with Crippen molar-refractivity contribution < 1.29 is 33.0 Å². The van der Waals surface area contributed by atoms with Gasteiger partial charge in [-0.25, -0.2) is 13.5 Å². The van der Waals surface area contributed by atoms with E-state index >= 15 is 0 Å². The highest BCUT2D eigenvalue weighted by molar-refractivity contribution is 5.83. The third kappa shape index (κ3) is 3.92. The number of rotatable bonds is 10. The van der Waals surface area contributed by atoms with Crippen LogP contribution in [0.25, 0.3) is 11.3 Å². The Morgan fingerprint density at radius 1 is 1.25 bits per heavy atom. The maximum Gasteiger partial charge on any atom is 0.313 e. The molecule has 1 atom stereocenters. The van der Waals surface area contributed by atoms with Crippen LogP contribution in [0.4, 0.5) is 8.78 Å². The molecule has 2 fully saturated rings. The number of nitrogens with one attached hydrogen (secondary N) is 1. The maximum absolute atomic E-state index is 13.7. The summed E-state index contributed by atoms with van der Waals surface area (Å²) < 4.78 is 39.7. The number of aliphatic carboxylic acids is 1. The summed E-state index contributed by atoms with van der Waals surface area (Å²) >= 11 is 0. The van der Waals surface area contributed by atoms with Crippen molar-refractivity contribution in [3.8, 4) is 17.0 Å². The third-order valence-electron chi connectivity index (χ3n) is 6.27. The minimum Gasteiger partial charge on any atom is -0.497 e. The molecular formula is C21H24F2N4O5. The highest BCUT2D eigenvalue weighted by Crippen LogP contribution is 2.76. The fourth-order valence-electron chi connectivity index (χ4n) is 4.37. The van der Waals surface area contributed by atoms with Crippen LogP contribution in [0.15, 0.2) is 30.5 Å². The van der Waals surface area contributed by atoms with Crippen LogP contribution in [0, 0.1) is 17.3 Å². The SMILES string of the molecule is COc1ccc(-c2cn(CCOCCNC(=O)C3CC4(C3)[C@@H](C(=O)O)C4(F)F)nn2)cc1. The van der Waals surface area contributed by atoms with E-state index in [0.29, 0.717) is 13.2 Å². The van der Waals surface area contributed by atoms with E-state index < -0.39 is 29.1 Å². The molecule has 0 unspecified atom stereocenters. The second kappa shape index (κ2) is 8.45. The van der Waals surface area contributed by atoms with E-state index in [1.54, 1.807) is 18.0 Å². The van der Waals surface area contributed by atoms with Gasteiger partial charge in [0.25, 0.3) is 5.92 Å². The Morgan fingerprint density at radius 2 is 1.97 bits per heavy atom. The molecule has 2 aromatic rings. The van der Waals surface area contributed by atoms with E-state index in [4.69, 9.17) is 14.6 Å². The van der Waals surface area contributed by atoms with Gasteiger partial charge in [-0.1, -0.05) is 5.21 Å². The van der Waals surface area contributed by atoms with Gasteiger partial charge in [0.1, 0.15) is 17.4 Å². The molecule has 1 amide bonds. The third-order valence-corrected chi connectivity index (χ3v) is 6.27. The summed E-state index contributed by atoms with van der Waals surface area (Å²) in [7, 11) is 1.60. The molecule has 2 aliphatic carbocycles. The number of benzene rings is 1. The normalized spacial score (nSPS) is 25.2. The predicted octanol–water partition coefficient (Wildman–Crippen LogP) is 1.83. The van der Waals surface area contributed by atoms with E-state index in [0.717, 1.165) is 17.0 Å². The fourth-order valence-corrected chi connectivity index (χ4v) is 4.37. The Labute approximate surface area is 182 Å². The second-order valence-electron chi connectivity index (χ2n) is 8.15. The fraction of sp³-hybridized carbons (Fsp3) is 0.524. The molecule has 1 aromatic heterocycles. The highest BCUT2D eigenvalue weighted by atomic mass is 19.3. The van der Waals surface area contributed by atoms with E-state index in [2.05, 4.69) is 15.6 Å². The first-order valence-electron chi connectivity index (χ1n) is 10.3. The van der Waals surface area contributed by atoms with Gasteiger partial charge < -0.3 is 19.9 Å². The number of halogens is 2. The number of ether oxygens (including phenoxy) is 2. The second-order valence-corrected chi connectivity index (χ2v) is 8.15. The zero-order valence-corrected chi connectivity index (χ0v) is 17.5. The van der Waals surface area contributed by atoms with E-state index in [1.807, 2.05) is 24.3 Å². The Hall–Kier alpha value is -3.08. The van der Waals surface area contributed by atoms with Gasteiger partial charge in [-0.05, 0) is 37.1 Å². The lowest BCUT2D eigenvalue weighted by atomic mass is 9.69. The highest BCUT2D eigenvalue weighted by Gasteiger charge is 2.87. The van der Waals surface area contributed by atoms with Crippen LogP contribution < -0.4 is 10.1 Å². The molecule has 2 aliphatic rings. The van der Waals surface area contributed by atoms with Crippen LogP contribution in [-0.4, -0.2) is 64.8 Å². The minimum atomic E-state index is -3.21. The van der Waals surface area contributed by atoms with Crippen molar-refractivity contribution in [1.29, 1.82) is 0 Å². The number of amides is 1. The molecule has 1 heterocycles. The first-order valence-corrected chi connectivity index (χ1v) is 10.3. The van der Waals surface area contributed by atoms with Crippen molar-refractivity contribution >= 4 is 11.9 Å². The molecule has 1 spiro atoms. The number of nitrogens with zero attached hydrogens (tertiary/aromatic N) is 3. The zero-order valence-electron chi connectivity index (χ0n) is 17.5. The van der Waals surface area contributed by atoms with Gasteiger partial charge in [0.15, 0.2) is 0 Å². The number of alkyl halides is 2. The molecule has 9 nitrogen and oxygen atoms in total. The molecule has 0 saturated heterocycles. The van der Waals surface area contributed by atoms with Crippen LogP contribution in [0.1, 0.15) is 12.8 Å². The summed E-state index contributed by atoms with van der Waals surface area (Å²) in [6.45, 7) is 1.35. The summed E-state index contributed by atoms with van der Waals surface area (Å²) in [5, 5.41) is 19.7. The van der Waals surface area contributed by atoms with Crippen LogP contribution in [0.5, 0.6) is 5.75 Å². The van der Waals surface area contributed by atoms with Crippen LogP contribution in [-0.2, 0) is 20.9 Å². The van der Waals surface area contributed by atoms with Gasteiger partial charge in [-0.2, -0.15) is 0 Å². The Bertz CT molecular complexity index is 988. The Kier molecular flexibility index (Phi) is 5.85. The molecule has 11 heteroatoms. The summed E-state index contributed by atoms with van der Waals surface area (Å²) in [6, 6.07) is 7.47. The average molecular weight is 450 g/mol. The molecule has 0 radical (unpaired) electrons. The lowest BCUT2D eigenvalue weighted by Crippen LogP contribution is -2.43. The van der Waals surface area contributed by atoms with Crippen molar-refractivity contribution in [3.05, 3.63) is 30.5 Å². The molecule has 0 bridgehead atoms. The number of methoxy groups -OCH3 is 1. The summed E-state index contributed by atoms with van der Waals surface area (Å²) in [6.07, 6.45) is 1.62. The monoisotopic (exact) mass is 450 g/mol. The molecule has 32 heavy (non-hydrogen) atoms. The first kappa shape index (κ1) is 22.1. The van der Waals surface area contributed by atoms with E-state index in [-0.39, 0.29) is 31.9 Å². The summed E-state index contributed by atoms with van der Waals surface area (Å²) in [5.41, 5.74) is 0.112. The molecule has 2 saturated carbocycles. The average Bonchev–Trinajstić information content (AvgIpc) is 3.02. The van der Waals surface area contributed by atoms with Crippen molar-refractivity contribution in [2.75, 3.05) is 26.9 Å². The zero-order chi connectivity index (χ0) is 22.9. The van der Waals surface area contributed by atoms with Crippen LogP contribution in [0.2, 0.25) is 0 Å². The number of carboxylic acid groups (broad SMARTS) is 1. The van der Waals surface area contributed by atoms with E-state index in [9.17, 15) is 18.4 Å². The number of hydrogen-bond donors (Lipinski definition) is 2. The van der Waals surface area contributed by atoms with Crippen LogP contribution >= 0.6 is 0 Å². The number of aromatic nitrogens is 3.